The number of carbonyl (C=O) groups is 2. The number of unbranched alkanes of at least 4 members (excludes halogenated alkanes) is 2. The first-order valence-electron chi connectivity index (χ1n) is 9.85. The van der Waals surface area contributed by atoms with Crippen LogP contribution in [0.4, 0.5) is 0 Å². The Hall–Kier alpha value is -3.54. The van der Waals surface area contributed by atoms with Gasteiger partial charge in [0.05, 0.1) is 13.0 Å². The SMILES string of the molecule is O=C(O)Cc1ccc2cc(OCCCCCC(=O)c3ccc(O)c(O)c3)ccc2c1. The molecule has 0 aromatic heterocycles. The molecule has 156 valence electrons. The number of aliphatic carboxylic acids is 1. The first-order valence-corrected chi connectivity index (χ1v) is 9.85. The van der Waals surface area contributed by atoms with Gasteiger partial charge in [-0.05, 0) is 65.9 Å². The third-order valence-corrected chi connectivity index (χ3v) is 4.85. The first kappa shape index (κ1) is 21.2. The van der Waals surface area contributed by atoms with Crippen molar-refractivity contribution in [3.63, 3.8) is 0 Å². The van der Waals surface area contributed by atoms with Gasteiger partial charge in [0, 0.05) is 12.0 Å². The molecule has 0 spiro atoms. The largest absolute Gasteiger partial charge is 0.504 e. The number of hydrogen-bond acceptors (Lipinski definition) is 5. The molecule has 3 aromatic rings. The fourth-order valence-corrected chi connectivity index (χ4v) is 3.24. The Bertz CT molecular complexity index is 1060. The zero-order valence-corrected chi connectivity index (χ0v) is 16.5. The summed E-state index contributed by atoms with van der Waals surface area (Å²) in [5.74, 6) is -0.690. The van der Waals surface area contributed by atoms with E-state index in [1.54, 1.807) is 0 Å². The second-order valence-corrected chi connectivity index (χ2v) is 7.20. The molecule has 0 saturated heterocycles. The number of hydrogen-bond donors (Lipinski definition) is 3. The minimum atomic E-state index is -0.850. The number of carbonyl (C=O) groups excluding carboxylic acids is 1. The second kappa shape index (κ2) is 9.78. The van der Waals surface area contributed by atoms with E-state index in [1.165, 1.54) is 18.2 Å². The smallest absolute Gasteiger partial charge is 0.307 e. The highest BCUT2D eigenvalue weighted by molar-refractivity contribution is 5.96. The van der Waals surface area contributed by atoms with E-state index in [4.69, 9.17) is 9.84 Å². The van der Waals surface area contributed by atoms with Crippen molar-refractivity contribution in [2.75, 3.05) is 6.61 Å². The molecule has 0 amide bonds. The Balaban J connectivity index is 1.41. The number of aromatic hydroxyl groups is 2. The summed E-state index contributed by atoms with van der Waals surface area (Å²) in [5, 5.41) is 29.6. The van der Waals surface area contributed by atoms with Crippen LogP contribution in [-0.2, 0) is 11.2 Å². The molecule has 0 radical (unpaired) electrons. The van der Waals surface area contributed by atoms with Crippen LogP contribution in [0.1, 0.15) is 41.6 Å². The third-order valence-electron chi connectivity index (χ3n) is 4.85. The van der Waals surface area contributed by atoms with Crippen molar-refractivity contribution in [3.05, 3.63) is 65.7 Å². The molecule has 0 saturated carbocycles. The van der Waals surface area contributed by atoms with Crippen LogP contribution in [0, 0.1) is 0 Å². The van der Waals surface area contributed by atoms with Crippen molar-refractivity contribution in [2.45, 2.75) is 32.1 Å². The number of phenols is 2. The van der Waals surface area contributed by atoms with Crippen LogP contribution in [0.3, 0.4) is 0 Å². The Morgan fingerprint density at radius 2 is 1.57 bits per heavy atom. The molecular formula is C24H24O6. The predicted octanol–water partition coefficient (Wildman–Crippen LogP) is 4.70. The third kappa shape index (κ3) is 5.73. The molecule has 0 bridgehead atoms. The highest BCUT2D eigenvalue weighted by Crippen LogP contribution is 2.26. The number of ketones is 1. The average Bonchev–Trinajstić information content (AvgIpc) is 2.72. The molecule has 0 aliphatic heterocycles. The van der Waals surface area contributed by atoms with Gasteiger partial charge in [0.15, 0.2) is 17.3 Å². The van der Waals surface area contributed by atoms with Crippen molar-refractivity contribution in [2.24, 2.45) is 0 Å². The minimum Gasteiger partial charge on any atom is -0.504 e. The number of ether oxygens (including phenoxy) is 1. The Morgan fingerprint density at radius 3 is 2.33 bits per heavy atom. The molecule has 0 aliphatic carbocycles. The zero-order valence-electron chi connectivity index (χ0n) is 16.5. The zero-order chi connectivity index (χ0) is 21.5. The summed E-state index contributed by atoms with van der Waals surface area (Å²) in [4.78, 5) is 22.9. The maximum absolute atomic E-state index is 12.1. The number of phenolic OH excluding ortho intramolecular Hbond substituents is 2. The van der Waals surface area contributed by atoms with Crippen LogP contribution in [0.25, 0.3) is 10.8 Å². The standard InChI is InChI=1S/C24H24O6/c25-21(19-8-10-22(26)23(27)15-19)4-2-1-3-11-30-20-9-7-17-12-16(13-24(28)29)5-6-18(17)14-20/h5-10,12,14-15,26-27H,1-4,11,13H2,(H,28,29). The summed E-state index contributed by atoms with van der Waals surface area (Å²) >= 11 is 0. The second-order valence-electron chi connectivity index (χ2n) is 7.20. The molecule has 3 aromatic carbocycles. The summed E-state index contributed by atoms with van der Waals surface area (Å²) in [6.07, 6.45) is 2.74. The van der Waals surface area contributed by atoms with Gasteiger partial charge in [-0.2, -0.15) is 0 Å². The summed E-state index contributed by atoms with van der Waals surface area (Å²) in [5.41, 5.74) is 1.16. The van der Waals surface area contributed by atoms with E-state index in [9.17, 15) is 19.8 Å². The molecule has 0 atom stereocenters. The minimum absolute atomic E-state index is 0.00456. The van der Waals surface area contributed by atoms with Crippen molar-refractivity contribution in [1.82, 2.24) is 0 Å². The van der Waals surface area contributed by atoms with Crippen molar-refractivity contribution in [1.29, 1.82) is 0 Å². The molecular weight excluding hydrogens is 384 g/mol. The maximum atomic E-state index is 12.1. The van der Waals surface area contributed by atoms with E-state index >= 15 is 0 Å². The van der Waals surface area contributed by atoms with E-state index in [1.807, 2.05) is 36.4 Å². The monoisotopic (exact) mass is 408 g/mol. The van der Waals surface area contributed by atoms with Crippen LogP contribution in [0.15, 0.2) is 54.6 Å². The van der Waals surface area contributed by atoms with Crippen molar-refractivity contribution < 1.29 is 29.6 Å². The molecule has 3 N–H and O–H groups in total. The van der Waals surface area contributed by atoms with E-state index in [0.717, 1.165) is 34.9 Å². The summed E-state index contributed by atoms with van der Waals surface area (Å²) in [6.45, 7) is 0.538. The average molecular weight is 408 g/mol. The van der Waals surface area contributed by atoms with E-state index in [0.29, 0.717) is 25.0 Å². The molecule has 0 unspecified atom stereocenters. The first-order chi connectivity index (χ1) is 14.4. The lowest BCUT2D eigenvalue weighted by Gasteiger charge is -2.08. The van der Waals surface area contributed by atoms with Gasteiger partial charge in [-0.1, -0.05) is 24.3 Å². The Kier molecular flexibility index (Phi) is 6.91. The van der Waals surface area contributed by atoms with Crippen LogP contribution < -0.4 is 4.74 Å². The van der Waals surface area contributed by atoms with E-state index < -0.39 is 5.97 Å². The molecule has 30 heavy (non-hydrogen) atoms. The van der Waals surface area contributed by atoms with Gasteiger partial charge in [0.25, 0.3) is 0 Å². The molecule has 0 heterocycles. The highest BCUT2D eigenvalue weighted by Gasteiger charge is 2.09. The fourth-order valence-electron chi connectivity index (χ4n) is 3.24. The number of Topliss-reactive ketones (excluding diaryl/α,β-unsaturated/α-hetero) is 1. The quantitative estimate of drug-likeness (QED) is 0.255. The number of fused-ring (bicyclic) bond motifs is 1. The van der Waals surface area contributed by atoms with Crippen molar-refractivity contribution in [3.8, 4) is 17.2 Å². The van der Waals surface area contributed by atoms with Gasteiger partial charge in [-0.3, -0.25) is 9.59 Å². The fraction of sp³-hybridized carbons (Fsp3) is 0.250. The molecule has 6 nitrogen and oxygen atoms in total. The molecule has 0 aliphatic rings. The van der Waals surface area contributed by atoms with Gasteiger partial charge in [0.1, 0.15) is 5.75 Å². The Morgan fingerprint density at radius 1 is 0.800 bits per heavy atom. The van der Waals surface area contributed by atoms with E-state index in [2.05, 4.69) is 0 Å². The number of rotatable bonds is 10. The number of carboxylic acids is 1. The van der Waals surface area contributed by atoms with Gasteiger partial charge >= 0.3 is 5.97 Å². The van der Waals surface area contributed by atoms with Gasteiger partial charge < -0.3 is 20.1 Å². The van der Waals surface area contributed by atoms with Gasteiger partial charge in [0.2, 0.25) is 0 Å². The lowest BCUT2D eigenvalue weighted by molar-refractivity contribution is -0.136. The Labute approximate surface area is 174 Å². The lowest BCUT2D eigenvalue weighted by Crippen LogP contribution is -2.01. The van der Waals surface area contributed by atoms with Crippen LogP contribution >= 0.6 is 0 Å². The lowest BCUT2D eigenvalue weighted by atomic mass is 10.0. The predicted molar refractivity (Wildman–Crippen MR) is 113 cm³/mol. The molecule has 0 fully saturated rings. The normalized spacial score (nSPS) is 10.8. The van der Waals surface area contributed by atoms with Crippen LogP contribution in [-0.4, -0.2) is 33.7 Å². The van der Waals surface area contributed by atoms with Crippen LogP contribution in [0.2, 0.25) is 0 Å². The maximum Gasteiger partial charge on any atom is 0.307 e. The molecule has 6 heteroatoms. The van der Waals surface area contributed by atoms with Crippen LogP contribution in [0.5, 0.6) is 17.2 Å². The molecule has 3 rings (SSSR count). The van der Waals surface area contributed by atoms with Gasteiger partial charge in [-0.25, -0.2) is 0 Å². The number of carboxylic acid groups (broad SMARTS) is 1. The summed E-state index contributed by atoms with van der Waals surface area (Å²) in [7, 11) is 0. The van der Waals surface area contributed by atoms with E-state index in [-0.39, 0.29) is 23.7 Å². The topological polar surface area (TPSA) is 104 Å². The highest BCUT2D eigenvalue weighted by atomic mass is 16.5. The van der Waals surface area contributed by atoms with Crippen molar-refractivity contribution >= 4 is 22.5 Å². The summed E-state index contributed by atoms with van der Waals surface area (Å²) < 4.78 is 5.79. The van der Waals surface area contributed by atoms with Gasteiger partial charge in [-0.15, -0.1) is 0 Å². The number of benzene rings is 3. The summed E-state index contributed by atoms with van der Waals surface area (Å²) in [6, 6.07) is 15.4.